The Balaban J connectivity index is 1.43. The highest BCUT2D eigenvalue weighted by Crippen LogP contribution is 2.41. The molecule has 2 fully saturated rings. The maximum atomic E-state index is 9.27. The van der Waals surface area contributed by atoms with E-state index in [4.69, 9.17) is 14.7 Å². The molecule has 8 heteroatoms. The second-order valence-corrected chi connectivity index (χ2v) is 11.2. The minimum absolute atomic E-state index is 0.125. The normalized spacial score (nSPS) is 20.5. The van der Waals surface area contributed by atoms with Crippen molar-refractivity contribution in [3.8, 4) is 22.5 Å². The quantitative estimate of drug-likeness (QED) is 0.390. The van der Waals surface area contributed by atoms with Gasteiger partial charge >= 0.3 is 6.01 Å². The van der Waals surface area contributed by atoms with Crippen LogP contribution in [0.25, 0.3) is 31.4 Å². The number of piperazine rings is 1. The summed E-state index contributed by atoms with van der Waals surface area (Å²) in [6, 6.07) is 18.4. The van der Waals surface area contributed by atoms with Crippen molar-refractivity contribution in [2.45, 2.75) is 38.3 Å². The van der Waals surface area contributed by atoms with Crippen LogP contribution in [-0.2, 0) is 0 Å². The molecule has 4 heterocycles. The van der Waals surface area contributed by atoms with Gasteiger partial charge in [0.2, 0.25) is 0 Å². The summed E-state index contributed by atoms with van der Waals surface area (Å²) in [7, 11) is 2.16. The van der Waals surface area contributed by atoms with Gasteiger partial charge in [0.05, 0.1) is 22.7 Å². The first-order chi connectivity index (χ1) is 18.1. The highest BCUT2D eigenvalue weighted by molar-refractivity contribution is 7.22. The molecule has 1 N–H and O–H groups in total. The van der Waals surface area contributed by atoms with Crippen molar-refractivity contribution < 1.29 is 4.74 Å². The summed E-state index contributed by atoms with van der Waals surface area (Å²) < 4.78 is 7.30. The number of nitriles is 1. The van der Waals surface area contributed by atoms with Crippen molar-refractivity contribution in [1.29, 1.82) is 5.26 Å². The van der Waals surface area contributed by atoms with Crippen LogP contribution in [-0.4, -0.2) is 66.8 Å². The Morgan fingerprint density at radius 2 is 2.05 bits per heavy atom. The van der Waals surface area contributed by atoms with E-state index >= 15 is 0 Å². The molecule has 2 aliphatic heterocycles. The molecule has 2 aromatic carbocycles. The number of aromatic nitrogens is 2. The van der Waals surface area contributed by atoms with E-state index in [1.807, 2.05) is 0 Å². The highest BCUT2D eigenvalue weighted by Gasteiger charge is 2.26. The summed E-state index contributed by atoms with van der Waals surface area (Å²) in [6.45, 7) is 6.27. The summed E-state index contributed by atoms with van der Waals surface area (Å²) in [5, 5.41) is 15.3. The summed E-state index contributed by atoms with van der Waals surface area (Å²) >= 11 is 1.75. The lowest BCUT2D eigenvalue weighted by Gasteiger charge is -2.33. The molecular formula is C29H32N6OS. The molecule has 0 radical (unpaired) electrons. The minimum atomic E-state index is 0.125. The Morgan fingerprint density at radius 1 is 1.19 bits per heavy atom. The molecule has 2 saturated heterocycles. The number of ether oxygens (including phenoxy) is 1. The second kappa shape index (κ2) is 10.3. The van der Waals surface area contributed by atoms with E-state index in [2.05, 4.69) is 77.6 Å². The average molecular weight is 513 g/mol. The number of hydrogen-bond donors (Lipinski definition) is 1. The Morgan fingerprint density at radius 3 is 2.86 bits per heavy atom. The van der Waals surface area contributed by atoms with E-state index in [0.717, 1.165) is 48.6 Å². The lowest BCUT2D eigenvalue weighted by Crippen LogP contribution is -2.50. The molecule has 0 saturated carbocycles. The molecule has 0 aliphatic carbocycles. The predicted molar refractivity (Wildman–Crippen MR) is 150 cm³/mol. The maximum absolute atomic E-state index is 9.27. The van der Waals surface area contributed by atoms with Crippen LogP contribution < -0.4 is 15.0 Å². The van der Waals surface area contributed by atoms with E-state index in [-0.39, 0.29) is 6.04 Å². The van der Waals surface area contributed by atoms with Crippen LogP contribution >= 0.6 is 11.3 Å². The van der Waals surface area contributed by atoms with Crippen molar-refractivity contribution >= 4 is 38.1 Å². The molecule has 2 atom stereocenters. The molecule has 6 rings (SSSR count). The fourth-order valence-corrected chi connectivity index (χ4v) is 6.81. The third-order valence-electron chi connectivity index (χ3n) is 7.68. The number of benzene rings is 2. The molecule has 2 aliphatic rings. The predicted octanol–water partition coefficient (Wildman–Crippen LogP) is 4.98. The number of anilines is 1. The van der Waals surface area contributed by atoms with Crippen LogP contribution in [0.2, 0.25) is 0 Å². The van der Waals surface area contributed by atoms with Crippen LogP contribution in [0.4, 0.5) is 5.82 Å². The number of nitrogens with one attached hydrogen (secondary N) is 1. The van der Waals surface area contributed by atoms with Gasteiger partial charge < -0.3 is 19.9 Å². The zero-order valence-electron chi connectivity index (χ0n) is 21.4. The Labute approximate surface area is 221 Å². The fraction of sp³-hybridized carbons (Fsp3) is 0.414. The lowest BCUT2D eigenvalue weighted by molar-refractivity contribution is 0.188. The molecule has 4 aromatic rings. The number of nitrogens with zero attached hydrogens (tertiary/aromatic N) is 5. The van der Waals surface area contributed by atoms with E-state index in [0.29, 0.717) is 25.1 Å². The smallest absolute Gasteiger partial charge is 0.319 e. The second-order valence-electron chi connectivity index (χ2n) is 10.2. The van der Waals surface area contributed by atoms with Gasteiger partial charge in [0.25, 0.3) is 0 Å². The van der Waals surface area contributed by atoms with Crippen LogP contribution in [0.1, 0.15) is 24.8 Å². The highest BCUT2D eigenvalue weighted by atomic mass is 32.1. The first kappa shape index (κ1) is 24.1. The fourth-order valence-electron chi connectivity index (χ4n) is 5.66. The van der Waals surface area contributed by atoms with Gasteiger partial charge in [-0.05, 0) is 61.3 Å². The molecule has 37 heavy (non-hydrogen) atoms. The van der Waals surface area contributed by atoms with Gasteiger partial charge in [0.1, 0.15) is 6.61 Å². The Kier molecular flexibility index (Phi) is 6.68. The molecule has 190 valence electrons. The molecule has 0 bridgehead atoms. The first-order valence-corrected chi connectivity index (χ1v) is 13.9. The molecule has 2 aromatic heterocycles. The van der Waals surface area contributed by atoms with E-state index in [1.165, 1.54) is 33.2 Å². The van der Waals surface area contributed by atoms with Crippen molar-refractivity contribution in [3.63, 3.8) is 0 Å². The molecule has 7 nitrogen and oxygen atoms in total. The topological polar surface area (TPSA) is 77.3 Å². The van der Waals surface area contributed by atoms with Gasteiger partial charge in [-0.3, -0.25) is 0 Å². The summed E-state index contributed by atoms with van der Waals surface area (Å²) in [5.74, 6) is 0.914. The standard InChI is InChI=1S/C29H32N6OS/c1-19-6-3-7-20-8-4-10-23(26(19)20)25-16-24-27(37-25)28(35-15-13-31-21(17-35)11-12-30)33-29(32-24)36-18-22-9-5-14-34(22)2/h3-4,6-8,10,16,21-22,31H,5,9,11,13-15,17-18H2,1-2H3/t21?,22-/m0/s1. The number of thiophene rings is 1. The van der Waals surface area contributed by atoms with Crippen molar-refractivity contribution in [2.75, 3.05) is 44.7 Å². The van der Waals surface area contributed by atoms with Crippen LogP contribution in [0.3, 0.4) is 0 Å². The zero-order valence-corrected chi connectivity index (χ0v) is 22.2. The maximum Gasteiger partial charge on any atom is 0.319 e. The number of likely N-dealkylation sites (tertiary alicyclic amines) is 1. The van der Waals surface area contributed by atoms with Crippen LogP contribution in [0.15, 0.2) is 42.5 Å². The summed E-state index contributed by atoms with van der Waals surface area (Å²) in [5.41, 5.74) is 3.41. The van der Waals surface area contributed by atoms with Crippen LogP contribution in [0, 0.1) is 18.3 Å². The first-order valence-electron chi connectivity index (χ1n) is 13.1. The average Bonchev–Trinajstić information content (AvgIpc) is 3.53. The van der Waals surface area contributed by atoms with Gasteiger partial charge in [0, 0.05) is 36.6 Å². The van der Waals surface area contributed by atoms with Crippen LogP contribution in [0.5, 0.6) is 6.01 Å². The molecule has 0 spiro atoms. The van der Waals surface area contributed by atoms with Gasteiger partial charge in [-0.1, -0.05) is 36.4 Å². The monoisotopic (exact) mass is 512 g/mol. The Hall–Kier alpha value is -3.25. The largest absolute Gasteiger partial charge is 0.462 e. The lowest BCUT2D eigenvalue weighted by atomic mass is 9.99. The number of likely N-dealkylation sites (N-methyl/N-ethyl adjacent to an activating group) is 1. The van der Waals surface area contributed by atoms with Crippen molar-refractivity contribution in [2.24, 2.45) is 0 Å². The summed E-state index contributed by atoms with van der Waals surface area (Å²) in [6.07, 6.45) is 2.82. The van der Waals surface area contributed by atoms with Crippen molar-refractivity contribution in [3.05, 3.63) is 48.0 Å². The van der Waals surface area contributed by atoms with Gasteiger partial charge in [0.15, 0.2) is 5.82 Å². The third kappa shape index (κ3) is 4.75. The molecule has 1 unspecified atom stereocenters. The minimum Gasteiger partial charge on any atom is -0.462 e. The van der Waals surface area contributed by atoms with Gasteiger partial charge in [-0.2, -0.15) is 15.2 Å². The van der Waals surface area contributed by atoms with E-state index < -0.39 is 0 Å². The van der Waals surface area contributed by atoms with Crippen molar-refractivity contribution in [1.82, 2.24) is 20.2 Å². The number of fused-ring (bicyclic) bond motifs is 2. The summed E-state index contributed by atoms with van der Waals surface area (Å²) in [4.78, 5) is 15.7. The number of rotatable bonds is 6. The van der Waals surface area contributed by atoms with E-state index in [1.54, 1.807) is 11.3 Å². The zero-order chi connectivity index (χ0) is 25.4. The van der Waals surface area contributed by atoms with Gasteiger partial charge in [-0.25, -0.2) is 0 Å². The Bertz CT molecular complexity index is 1470. The van der Waals surface area contributed by atoms with Gasteiger partial charge in [-0.15, -0.1) is 11.3 Å². The third-order valence-corrected chi connectivity index (χ3v) is 8.83. The number of aryl methyl sites for hydroxylation is 1. The molecular weight excluding hydrogens is 480 g/mol. The molecule has 0 amide bonds. The van der Waals surface area contributed by atoms with E-state index in [9.17, 15) is 5.26 Å². The number of hydrogen-bond acceptors (Lipinski definition) is 8. The SMILES string of the molecule is Cc1cccc2cccc(-c3cc4nc(OC[C@@H]5CCCN5C)nc(N5CCNC(CC#N)C5)c4s3)c12.